The second-order valence-corrected chi connectivity index (χ2v) is 8.07. The predicted octanol–water partition coefficient (Wildman–Crippen LogP) is 4.40. The van der Waals surface area contributed by atoms with E-state index in [1.54, 1.807) is 5.56 Å². The number of halogens is 1. The first-order valence-corrected chi connectivity index (χ1v) is 8.49. The molecule has 1 aromatic carbocycles. The Balaban J connectivity index is 1.54. The van der Waals surface area contributed by atoms with E-state index in [1.807, 2.05) is 0 Å². The Morgan fingerprint density at radius 1 is 1.11 bits per heavy atom. The van der Waals surface area contributed by atoms with Crippen molar-refractivity contribution in [1.82, 2.24) is 5.32 Å². The molecule has 19 heavy (non-hydrogen) atoms. The van der Waals surface area contributed by atoms with E-state index in [0.717, 1.165) is 11.5 Å². The molecule has 1 nitrogen and oxygen atoms in total. The highest BCUT2D eigenvalue weighted by Gasteiger charge is 2.57. The van der Waals surface area contributed by atoms with Crippen LogP contribution in [0.2, 0.25) is 0 Å². The van der Waals surface area contributed by atoms with E-state index in [4.69, 9.17) is 0 Å². The van der Waals surface area contributed by atoms with Crippen LogP contribution in [-0.2, 0) is 5.41 Å². The standard InChI is InChI=1S/C17H22BrN/c18-14-4-2-13(3-5-14)17(12-19-15-6-7-15)10-16(11-17)8-1-9-16/h2-5,15,19H,1,6-12H2. The number of hydrogen-bond acceptors (Lipinski definition) is 1. The minimum absolute atomic E-state index is 0.434. The summed E-state index contributed by atoms with van der Waals surface area (Å²) in [6.45, 7) is 1.20. The molecule has 0 saturated heterocycles. The maximum absolute atomic E-state index is 3.79. The SMILES string of the molecule is Brc1ccc(C2(CNC3CC3)CC3(CCC3)C2)cc1. The summed E-state index contributed by atoms with van der Waals surface area (Å²) in [4.78, 5) is 0. The molecular formula is C17H22BrN. The zero-order valence-electron chi connectivity index (χ0n) is 11.4. The van der Waals surface area contributed by atoms with Crippen LogP contribution in [0.15, 0.2) is 28.7 Å². The summed E-state index contributed by atoms with van der Waals surface area (Å²) < 4.78 is 1.19. The van der Waals surface area contributed by atoms with Crippen molar-refractivity contribution in [2.75, 3.05) is 6.54 Å². The molecule has 102 valence electrons. The lowest BCUT2D eigenvalue weighted by Gasteiger charge is -2.62. The van der Waals surface area contributed by atoms with Gasteiger partial charge in [-0.1, -0.05) is 34.5 Å². The van der Waals surface area contributed by atoms with Crippen LogP contribution >= 0.6 is 15.9 Å². The van der Waals surface area contributed by atoms with Crippen molar-refractivity contribution in [1.29, 1.82) is 0 Å². The summed E-state index contributed by atoms with van der Waals surface area (Å²) in [5, 5.41) is 3.79. The van der Waals surface area contributed by atoms with Gasteiger partial charge in [-0.15, -0.1) is 0 Å². The lowest BCUT2D eigenvalue weighted by atomic mass is 9.43. The molecule has 1 spiro atoms. The van der Waals surface area contributed by atoms with Crippen molar-refractivity contribution < 1.29 is 0 Å². The molecule has 2 heteroatoms. The van der Waals surface area contributed by atoms with E-state index in [9.17, 15) is 0 Å². The third kappa shape index (κ3) is 2.17. The summed E-state index contributed by atoms with van der Waals surface area (Å²) >= 11 is 3.56. The third-order valence-corrected chi connectivity index (χ3v) is 6.13. The van der Waals surface area contributed by atoms with Gasteiger partial charge in [-0.3, -0.25) is 0 Å². The molecule has 3 aliphatic rings. The topological polar surface area (TPSA) is 12.0 Å². The maximum atomic E-state index is 3.79. The lowest BCUT2D eigenvalue weighted by Crippen LogP contribution is -2.57. The van der Waals surface area contributed by atoms with Gasteiger partial charge in [0.25, 0.3) is 0 Å². The van der Waals surface area contributed by atoms with Crippen molar-refractivity contribution in [3.8, 4) is 0 Å². The van der Waals surface area contributed by atoms with Crippen LogP contribution in [-0.4, -0.2) is 12.6 Å². The van der Waals surface area contributed by atoms with Gasteiger partial charge in [-0.2, -0.15) is 0 Å². The van der Waals surface area contributed by atoms with E-state index in [-0.39, 0.29) is 0 Å². The number of benzene rings is 1. The van der Waals surface area contributed by atoms with Crippen LogP contribution in [0, 0.1) is 5.41 Å². The Kier molecular flexibility index (Phi) is 2.82. The quantitative estimate of drug-likeness (QED) is 0.867. The number of nitrogens with one attached hydrogen (secondary N) is 1. The van der Waals surface area contributed by atoms with Gasteiger partial charge in [0.15, 0.2) is 0 Å². The van der Waals surface area contributed by atoms with Gasteiger partial charge in [0.05, 0.1) is 0 Å². The van der Waals surface area contributed by atoms with E-state index < -0.39 is 0 Å². The molecule has 4 rings (SSSR count). The Hall–Kier alpha value is -0.340. The zero-order chi connectivity index (χ0) is 12.9. The minimum Gasteiger partial charge on any atom is -0.313 e. The molecule has 3 fully saturated rings. The average molecular weight is 320 g/mol. The van der Waals surface area contributed by atoms with Crippen molar-refractivity contribution in [3.05, 3.63) is 34.3 Å². The van der Waals surface area contributed by atoms with Crippen LogP contribution in [0.4, 0.5) is 0 Å². The monoisotopic (exact) mass is 319 g/mol. The first-order chi connectivity index (χ1) is 9.20. The zero-order valence-corrected chi connectivity index (χ0v) is 13.0. The predicted molar refractivity (Wildman–Crippen MR) is 82.4 cm³/mol. The van der Waals surface area contributed by atoms with Crippen molar-refractivity contribution in [2.24, 2.45) is 5.41 Å². The van der Waals surface area contributed by atoms with Crippen molar-refractivity contribution >= 4 is 15.9 Å². The molecule has 1 N–H and O–H groups in total. The van der Waals surface area contributed by atoms with Crippen LogP contribution in [0.5, 0.6) is 0 Å². The lowest BCUT2D eigenvalue weighted by molar-refractivity contribution is -0.0484. The number of rotatable bonds is 4. The molecule has 0 aromatic heterocycles. The van der Waals surface area contributed by atoms with Gasteiger partial charge < -0.3 is 5.32 Å². The van der Waals surface area contributed by atoms with Gasteiger partial charge in [0.2, 0.25) is 0 Å². The van der Waals surface area contributed by atoms with Crippen molar-refractivity contribution in [2.45, 2.75) is 56.4 Å². The Labute approximate surface area is 124 Å². The largest absolute Gasteiger partial charge is 0.313 e. The van der Waals surface area contributed by atoms with Gasteiger partial charge in [-0.25, -0.2) is 0 Å². The van der Waals surface area contributed by atoms with Gasteiger partial charge >= 0.3 is 0 Å². The van der Waals surface area contributed by atoms with E-state index >= 15 is 0 Å². The fraction of sp³-hybridized carbons (Fsp3) is 0.647. The molecule has 0 amide bonds. The average Bonchev–Trinajstić information content (AvgIpc) is 3.11. The molecule has 0 aliphatic heterocycles. The summed E-state index contributed by atoms with van der Waals surface area (Å²) in [7, 11) is 0. The highest BCUT2D eigenvalue weighted by Crippen LogP contribution is 2.64. The van der Waals surface area contributed by atoms with Gasteiger partial charge in [-0.05, 0) is 61.6 Å². The summed E-state index contributed by atoms with van der Waals surface area (Å²) in [6, 6.07) is 9.92. The van der Waals surface area contributed by atoms with Crippen LogP contribution in [0.3, 0.4) is 0 Å². The van der Waals surface area contributed by atoms with E-state index in [0.29, 0.717) is 5.41 Å². The molecule has 3 aliphatic carbocycles. The summed E-state index contributed by atoms with van der Waals surface area (Å²) in [6.07, 6.45) is 10.0. The molecule has 0 bridgehead atoms. The van der Waals surface area contributed by atoms with E-state index in [2.05, 4.69) is 45.5 Å². The van der Waals surface area contributed by atoms with Gasteiger partial charge in [0.1, 0.15) is 0 Å². The number of hydrogen-bond donors (Lipinski definition) is 1. The third-order valence-electron chi connectivity index (χ3n) is 5.60. The molecule has 0 heterocycles. The molecule has 0 unspecified atom stereocenters. The smallest absolute Gasteiger partial charge is 0.0175 e. The molecule has 1 aromatic rings. The molecule has 0 radical (unpaired) electrons. The second-order valence-electron chi connectivity index (χ2n) is 7.15. The maximum Gasteiger partial charge on any atom is 0.0175 e. The fourth-order valence-corrected chi connectivity index (χ4v) is 4.54. The summed E-state index contributed by atoms with van der Waals surface area (Å²) in [5.74, 6) is 0. The normalized spacial score (nSPS) is 26.8. The van der Waals surface area contributed by atoms with Crippen LogP contribution in [0.25, 0.3) is 0 Å². The van der Waals surface area contributed by atoms with Crippen LogP contribution in [0.1, 0.15) is 50.5 Å². The Morgan fingerprint density at radius 3 is 2.32 bits per heavy atom. The highest BCUT2D eigenvalue weighted by molar-refractivity contribution is 9.10. The van der Waals surface area contributed by atoms with Crippen LogP contribution < -0.4 is 5.32 Å². The Bertz CT molecular complexity index is 463. The summed E-state index contributed by atoms with van der Waals surface area (Å²) in [5.41, 5.74) is 2.73. The molecule has 0 atom stereocenters. The van der Waals surface area contributed by atoms with E-state index in [1.165, 1.54) is 56.0 Å². The first-order valence-electron chi connectivity index (χ1n) is 7.69. The highest BCUT2D eigenvalue weighted by atomic mass is 79.9. The van der Waals surface area contributed by atoms with Crippen molar-refractivity contribution in [3.63, 3.8) is 0 Å². The molecular weight excluding hydrogens is 298 g/mol. The first kappa shape index (κ1) is 12.4. The van der Waals surface area contributed by atoms with Gasteiger partial charge in [0, 0.05) is 22.5 Å². The molecule has 3 saturated carbocycles. The fourth-order valence-electron chi connectivity index (χ4n) is 4.28. The second kappa shape index (κ2) is 4.33. The Morgan fingerprint density at radius 2 is 1.79 bits per heavy atom. The minimum atomic E-state index is 0.434.